The van der Waals surface area contributed by atoms with E-state index in [-0.39, 0.29) is 24.6 Å². The molecule has 0 bridgehead atoms. The van der Waals surface area contributed by atoms with Gasteiger partial charge in [-0.3, -0.25) is 9.59 Å². The van der Waals surface area contributed by atoms with Crippen molar-refractivity contribution >= 4 is 11.9 Å². The highest BCUT2D eigenvalue weighted by Crippen LogP contribution is 2.23. The summed E-state index contributed by atoms with van der Waals surface area (Å²) in [6.07, 6.45) is 3.46. The number of carbonyl (C=O) groups is 2. The van der Waals surface area contributed by atoms with E-state index in [0.717, 1.165) is 12.8 Å². The molecular formula is C13H18N2O4. The molecule has 0 aromatic carbocycles. The van der Waals surface area contributed by atoms with Gasteiger partial charge in [-0.1, -0.05) is 0 Å². The van der Waals surface area contributed by atoms with Gasteiger partial charge in [-0.25, -0.2) is 0 Å². The van der Waals surface area contributed by atoms with Crippen LogP contribution in [0.15, 0.2) is 18.3 Å². The molecule has 104 valence electrons. The van der Waals surface area contributed by atoms with Gasteiger partial charge in [0, 0.05) is 18.8 Å². The summed E-state index contributed by atoms with van der Waals surface area (Å²) in [6, 6.07) is 3.41. The number of aromatic nitrogens is 1. The zero-order valence-corrected chi connectivity index (χ0v) is 10.8. The molecule has 2 N–H and O–H groups in total. The fourth-order valence-corrected chi connectivity index (χ4v) is 2.22. The van der Waals surface area contributed by atoms with E-state index in [4.69, 9.17) is 9.84 Å². The molecule has 1 aromatic heterocycles. The Bertz CT molecular complexity index is 463. The highest BCUT2D eigenvalue weighted by atomic mass is 16.5. The summed E-state index contributed by atoms with van der Waals surface area (Å²) in [4.78, 5) is 22.7. The van der Waals surface area contributed by atoms with Crippen molar-refractivity contribution in [3.8, 4) is 0 Å². The molecule has 1 fully saturated rings. The van der Waals surface area contributed by atoms with E-state index in [1.807, 2.05) is 6.92 Å². The van der Waals surface area contributed by atoms with Crippen molar-refractivity contribution in [2.45, 2.75) is 38.5 Å². The van der Waals surface area contributed by atoms with Crippen molar-refractivity contribution in [1.82, 2.24) is 9.88 Å². The van der Waals surface area contributed by atoms with Crippen LogP contribution in [0.1, 0.15) is 30.3 Å². The van der Waals surface area contributed by atoms with Gasteiger partial charge in [0.05, 0.1) is 6.10 Å². The molecule has 0 radical (unpaired) electrons. The average Bonchev–Trinajstić information content (AvgIpc) is 2.73. The fourth-order valence-electron chi connectivity index (χ4n) is 2.22. The Morgan fingerprint density at radius 3 is 2.89 bits per heavy atom. The first-order valence-corrected chi connectivity index (χ1v) is 6.39. The van der Waals surface area contributed by atoms with Crippen LogP contribution in [-0.2, 0) is 16.1 Å². The summed E-state index contributed by atoms with van der Waals surface area (Å²) in [7, 11) is 0. The lowest BCUT2D eigenvalue weighted by Crippen LogP contribution is -2.48. The number of nitrogens with one attached hydrogen (secondary N) is 1. The minimum Gasteiger partial charge on any atom is -0.480 e. The van der Waals surface area contributed by atoms with Gasteiger partial charge in [0.15, 0.2) is 0 Å². The second-order valence-electron chi connectivity index (χ2n) is 4.63. The lowest BCUT2D eigenvalue weighted by Gasteiger charge is -2.35. The Morgan fingerprint density at radius 1 is 1.53 bits per heavy atom. The summed E-state index contributed by atoms with van der Waals surface area (Å²) >= 11 is 0. The van der Waals surface area contributed by atoms with Gasteiger partial charge in [0.25, 0.3) is 5.91 Å². The molecule has 2 rings (SSSR count). The monoisotopic (exact) mass is 266 g/mol. The van der Waals surface area contributed by atoms with Crippen LogP contribution < -0.4 is 5.32 Å². The topological polar surface area (TPSA) is 80.6 Å². The largest absolute Gasteiger partial charge is 0.480 e. The van der Waals surface area contributed by atoms with Crippen molar-refractivity contribution in [3.05, 3.63) is 24.0 Å². The molecular weight excluding hydrogens is 248 g/mol. The predicted octanol–water partition coefficient (Wildman–Crippen LogP) is 0.870. The normalized spacial score (nSPS) is 21.7. The molecule has 1 aromatic rings. The molecule has 19 heavy (non-hydrogen) atoms. The quantitative estimate of drug-likeness (QED) is 0.800. The number of carboxylic acids is 1. The van der Waals surface area contributed by atoms with Crippen LogP contribution in [0, 0.1) is 0 Å². The number of amides is 1. The van der Waals surface area contributed by atoms with Gasteiger partial charge in [0.2, 0.25) is 0 Å². The second kappa shape index (κ2) is 5.88. The second-order valence-corrected chi connectivity index (χ2v) is 4.63. The highest BCUT2D eigenvalue weighted by Gasteiger charge is 2.31. The van der Waals surface area contributed by atoms with Crippen molar-refractivity contribution in [2.24, 2.45) is 0 Å². The minimum atomic E-state index is -0.967. The molecule has 1 aliphatic rings. The SMILES string of the molecule is CCOC1CC(NC(=O)c2cccn2CC(=O)O)C1. The van der Waals surface area contributed by atoms with Crippen molar-refractivity contribution in [2.75, 3.05) is 6.61 Å². The van der Waals surface area contributed by atoms with Gasteiger partial charge < -0.3 is 19.7 Å². The smallest absolute Gasteiger partial charge is 0.323 e. The number of carbonyl (C=O) groups excluding carboxylic acids is 1. The summed E-state index contributed by atoms with van der Waals surface area (Å²) in [5.41, 5.74) is 0.377. The first kappa shape index (κ1) is 13.6. The van der Waals surface area contributed by atoms with Crippen molar-refractivity contribution in [1.29, 1.82) is 0 Å². The van der Waals surface area contributed by atoms with Crippen LogP contribution >= 0.6 is 0 Å². The van der Waals surface area contributed by atoms with E-state index >= 15 is 0 Å². The lowest BCUT2D eigenvalue weighted by atomic mass is 9.89. The molecule has 6 heteroatoms. The Kier molecular flexibility index (Phi) is 4.21. The van der Waals surface area contributed by atoms with E-state index in [0.29, 0.717) is 12.3 Å². The highest BCUT2D eigenvalue weighted by molar-refractivity contribution is 5.93. The van der Waals surface area contributed by atoms with Crippen LogP contribution in [0.4, 0.5) is 0 Å². The molecule has 0 unspecified atom stereocenters. The molecule has 0 aliphatic heterocycles. The van der Waals surface area contributed by atoms with Gasteiger partial charge >= 0.3 is 5.97 Å². The Morgan fingerprint density at radius 2 is 2.26 bits per heavy atom. The van der Waals surface area contributed by atoms with Crippen LogP contribution in [0.25, 0.3) is 0 Å². The van der Waals surface area contributed by atoms with Crippen molar-refractivity contribution < 1.29 is 19.4 Å². The van der Waals surface area contributed by atoms with E-state index in [9.17, 15) is 9.59 Å². The minimum absolute atomic E-state index is 0.122. The average molecular weight is 266 g/mol. The Balaban J connectivity index is 1.87. The van der Waals surface area contributed by atoms with Gasteiger partial charge in [-0.2, -0.15) is 0 Å². The third-order valence-electron chi connectivity index (χ3n) is 3.20. The number of hydrogen-bond donors (Lipinski definition) is 2. The maximum Gasteiger partial charge on any atom is 0.323 e. The van der Waals surface area contributed by atoms with Crippen LogP contribution in [0.5, 0.6) is 0 Å². The summed E-state index contributed by atoms with van der Waals surface area (Å²) < 4.78 is 6.85. The van der Waals surface area contributed by atoms with E-state index in [2.05, 4.69) is 5.32 Å². The van der Waals surface area contributed by atoms with Gasteiger partial charge in [-0.05, 0) is 31.9 Å². The molecule has 1 aliphatic carbocycles. The van der Waals surface area contributed by atoms with Crippen LogP contribution in [-0.4, -0.2) is 40.3 Å². The molecule has 1 heterocycles. The number of aliphatic carboxylic acids is 1. The Hall–Kier alpha value is -1.82. The first-order valence-electron chi connectivity index (χ1n) is 6.39. The molecule has 1 amide bonds. The number of carboxylic acid groups (broad SMARTS) is 1. The number of rotatable bonds is 6. The lowest BCUT2D eigenvalue weighted by molar-refractivity contribution is -0.137. The summed E-state index contributed by atoms with van der Waals surface area (Å²) in [6.45, 7) is 2.43. The standard InChI is InChI=1S/C13H18N2O4/c1-2-19-10-6-9(7-10)14-13(18)11-4-3-5-15(11)8-12(16)17/h3-5,9-10H,2,6-8H2,1H3,(H,14,18)(H,16,17). The number of nitrogens with zero attached hydrogens (tertiary/aromatic N) is 1. The maximum atomic E-state index is 12.0. The van der Waals surface area contributed by atoms with Gasteiger partial charge in [-0.15, -0.1) is 0 Å². The number of hydrogen-bond acceptors (Lipinski definition) is 3. The van der Waals surface area contributed by atoms with E-state index < -0.39 is 5.97 Å². The fraction of sp³-hybridized carbons (Fsp3) is 0.538. The molecule has 1 saturated carbocycles. The third kappa shape index (κ3) is 3.35. The predicted molar refractivity (Wildman–Crippen MR) is 68.0 cm³/mol. The molecule has 0 spiro atoms. The third-order valence-corrected chi connectivity index (χ3v) is 3.20. The summed E-state index contributed by atoms with van der Waals surface area (Å²) in [5, 5.41) is 11.6. The molecule has 6 nitrogen and oxygen atoms in total. The van der Waals surface area contributed by atoms with Crippen molar-refractivity contribution in [3.63, 3.8) is 0 Å². The van der Waals surface area contributed by atoms with E-state index in [1.165, 1.54) is 4.57 Å². The maximum absolute atomic E-state index is 12.0. The van der Waals surface area contributed by atoms with E-state index in [1.54, 1.807) is 18.3 Å². The zero-order valence-electron chi connectivity index (χ0n) is 10.8. The summed E-state index contributed by atoms with van der Waals surface area (Å²) in [5.74, 6) is -1.20. The first-order chi connectivity index (χ1) is 9.10. The molecule has 0 saturated heterocycles. The number of ether oxygens (including phenoxy) is 1. The zero-order chi connectivity index (χ0) is 13.8. The van der Waals surface area contributed by atoms with Crippen LogP contribution in [0.2, 0.25) is 0 Å². The Labute approximate surface area is 111 Å². The van der Waals surface area contributed by atoms with Crippen LogP contribution in [0.3, 0.4) is 0 Å². The van der Waals surface area contributed by atoms with Gasteiger partial charge in [0.1, 0.15) is 12.2 Å². The molecule has 0 atom stereocenters.